The minimum atomic E-state index is 0. The molecule has 0 aromatic heterocycles. The van der Waals surface area contributed by atoms with Crippen LogP contribution < -0.4 is 10.6 Å². The van der Waals surface area contributed by atoms with Crippen LogP contribution in [0.15, 0.2) is 16.6 Å². The number of hydrogen-bond acceptors (Lipinski definition) is 2. The molecule has 2 rings (SSSR count). The van der Waals surface area contributed by atoms with Gasteiger partial charge in [-0.2, -0.15) is 0 Å². The molecule has 0 aromatic carbocycles. The minimum absolute atomic E-state index is 0. The molecule has 4 nitrogen and oxygen atoms in total. The van der Waals surface area contributed by atoms with Crippen molar-refractivity contribution in [3.8, 4) is 0 Å². The van der Waals surface area contributed by atoms with Crippen molar-refractivity contribution in [1.29, 1.82) is 0 Å². The smallest absolute Gasteiger partial charge is 0.191 e. The fraction of sp³-hybridized carbons (Fsp3) is 0.824. The summed E-state index contributed by atoms with van der Waals surface area (Å²) in [6.07, 6.45) is 9.71. The van der Waals surface area contributed by atoms with E-state index in [1.54, 1.807) is 0 Å². The largest absolute Gasteiger partial charge is 0.377 e. The van der Waals surface area contributed by atoms with Gasteiger partial charge in [-0.15, -0.1) is 24.0 Å². The van der Waals surface area contributed by atoms with Gasteiger partial charge in [0.25, 0.3) is 0 Å². The number of guanidine groups is 1. The predicted octanol–water partition coefficient (Wildman–Crippen LogP) is 3.48. The molecular formula is C17H32IN3O. The van der Waals surface area contributed by atoms with Gasteiger partial charge < -0.3 is 15.4 Å². The van der Waals surface area contributed by atoms with E-state index in [1.165, 1.54) is 31.3 Å². The average molecular weight is 421 g/mol. The summed E-state index contributed by atoms with van der Waals surface area (Å²) in [5, 5.41) is 6.83. The number of ether oxygens (including phenoxy) is 1. The standard InChI is InChI=1S/C17H31N3O.HI/c1-3-17(9-5-10-17)14-20-16(18-4-2)19-11-6-15-7-12-21-13-8-15;/h7H,3-6,8-14H2,1-2H3,(H2,18,19,20);1H. The van der Waals surface area contributed by atoms with Crippen molar-refractivity contribution in [2.45, 2.75) is 52.4 Å². The van der Waals surface area contributed by atoms with Gasteiger partial charge >= 0.3 is 0 Å². The first-order valence-electron chi connectivity index (χ1n) is 8.56. The van der Waals surface area contributed by atoms with Crippen LogP contribution in [-0.2, 0) is 4.74 Å². The Morgan fingerprint density at radius 3 is 2.68 bits per heavy atom. The van der Waals surface area contributed by atoms with Crippen LogP contribution in [0.2, 0.25) is 0 Å². The Labute approximate surface area is 152 Å². The normalized spacial score (nSPS) is 20.5. The molecule has 0 bridgehead atoms. The summed E-state index contributed by atoms with van der Waals surface area (Å²) in [6.45, 7) is 8.92. The molecule has 0 amide bonds. The molecule has 0 radical (unpaired) electrons. The summed E-state index contributed by atoms with van der Waals surface area (Å²) in [5.74, 6) is 0.977. The lowest BCUT2D eigenvalue weighted by atomic mass is 9.67. The first kappa shape index (κ1) is 19.7. The Morgan fingerprint density at radius 1 is 1.32 bits per heavy atom. The van der Waals surface area contributed by atoms with Gasteiger partial charge in [0.2, 0.25) is 0 Å². The van der Waals surface area contributed by atoms with E-state index < -0.39 is 0 Å². The second-order valence-electron chi connectivity index (χ2n) is 6.27. The molecule has 1 aliphatic carbocycles. The maximum atomic E-state index is 5.34. The highest BCUT2D eigenvalue weighted by Crippen LogP contribution is 2.43. The van der Waals surface area contributed by atoms with Crippen molar-refractivity contribution in [1.82, 2.24) is 10.6 Å². The van der Waals surface area contributed by atoms with Crippen LogP contribution in [0.4, 0.5) is 0 Å². The topological polar surface area (TPSA) is 45.7 Å². The minimum Gasteiger partial charge on any atom is -0.377 e. The van der Waals surface area contributed by atoms with Crippen LogP contribution in [-0.4, -0.2) is 38.8 Å². The molecule has 5 heteroatoms. The van der Waals surface area contributed by atoms with Crippen molar-refractivity contribution >= 4 is 29.9 Å². The lowest BCUT2D eigenvalue weighted by Gasteiger charge is -2.40. The van der Waals surface area contributed by atoms with Gasteiger partial charge in [-0.25, -0.2) is 0 Å². The van der Waals surface area contributed by atoms with Gasteiger partial charge in [-0.3, -0.25) is 4.99 Å². The molecular weight excluding hydrogens is 389 g/mol. The third-order valence-corrected chi connectivity index (χ3v) is 4.88. The zero-order valence-corrected chi connectivity index (χ0v) is 16.4. The zero-order chi connectivity index (χ0) is 15.0. The van der Waals surface area contributed by atoms with E-state index >= 15 is 0 Å². The van der Waals surface area contributed by atoms with Gasteiger partial charge in [0, 0.05) is 19.6 Å². The van der Waals surface area contributed by atoms with E-state index in [4.69, 9.17) is 9.73 Å². The van der Waals surface area contributed by atoms with Crippen molar-refractivity contribution in [3.05, 3.63) is 11.6 Å². The van der Waals surface area contributed by atoms with Gasteiger partial charge in [0.15, 0.2) is 5.96 Å². The molecule has 1 fully saturated rings. The maximum Gasteiger partial charge on any atom is 0.191 e. The molecule has 0 unspecified atom stereocenters. The molecule has 1 aliphatic heterocycles. The van der Waals surface area contributed by atoms with Crippen LogP contribution in [0.3, 0.4) is 0 Å². The van der Waals surface area contributed by atoms with E-state index in [9.17, 15) is 0 Å². The summed E-state index contributed by atoms with van der Waals surface area (Å²) in [6, 6.07) is 0. The quantitative estimate of drug-likeness (QED) is 0.286. The lowest BCUT2D eigenvalue weighted by molar-refractivity contribution is 0.139. The Hall–Kier alpha value is -0.300. The van der Waals surface area contributed by atoms with Crippen LogP contribution in [0.1, 0.15) is 52.4 Å². The van der Waals surface area contributed by atoms with Gasteiger partial charge in [-0.1, -0.05) is 25.0 Å². The number of nitrogens with one attached hydrogen (secondary N) is 2. The summed E-state index contributed by atoms with van der Waals surface area (Å²) in [4.78, 5) is 4.81. The van der Waals surface area contributed by atoms with E-state index in [2.05, 4.69) is 30.6 Å². The van der Waals surface area contributed by atoms with Crippen molar-refractivity contribution in [3.63, 3.8) is 0 Å². The molecule has 0 spiro atoms. The fourth-order valence-corrected chi connectivity index (χ4v) is 3.02. The zero-order valence-electron chi connectivity index (χ0n) is 14.1. The summed E-state index contributed by atoms with van der Waals surface area (Å²) in [7, 11) is 0. The maximum absolute atomic E-state index is 5.34. The van der Waals surface area contributed by atoms with Crippen molar-refractivity contribution < 1.29 is 4.74 Å². The molecule has 1 saturated carbocycles. The van der Waals surface area contributed by atoms with Crippen molar-refractivity contribution in [2.24, 2.45) is 10.4 Å². The van der Waals surface area contributed by atoms with Gasteiger partial charge in [-0.05, 0) is 44.4 Å². The van der Waals surface area contributed by atoms with E-state index in [0.29, 0.717) is 5.41 Å². The number of hydrogen-bond donors (Lipinski definition) is 2. The summed E-state index contributed by atoms with van der Waals surface area (Å²) in [5.41, 5.74) is 2.00. The lowest BCUT2D eigenvalue weighted by Crippen LogP contribution is -2.40. The van der Waals surface area contributed by atoms with E-state index in [-0.39, 0.29) is 24.0 Å². The highest BCUT2D eigenvalue weighted by atomic mass is 127. The molecule has 2 aliphatic rings. The third kappa shape index (κ3) is 6.07. The molecule has 128 valence electrons. The highest BCUT2D eigenvalue weighted by Gasteiger charge is 2.34. The average Bonchev–Trinajstić information content (AvgIpc) is 2.47. The molecule has 1 heterocycles. The summed E-state index contributed by atoms with van der Waals surface area (Å²) >= 11 is 0. The first-order chi connectivity index (χ1) is 10.3. The van der Waals surface area contributed by atoms with Crippen molar-refractivity contribution in [2.75, 3.05) is 32.8 Å². The number of nitrogens with zero attached hydrogens (tertiary/aromatic N) is 1. The Balaban J connectivity index is 0.00000242. The van der Waals surface area contributed by atoms with Crippen LogP contribution in [0.25, 0.3) is 0 Å². The third-order valence-electron chi connectivity index (χ3n) is 4.88. The second kappa shape index (κ2) is 10.5. The SMILES string of the molecule is CCNC(=NCC1(CC)CCC1)NCCC1=CCOCC1.I. The fourth-order valence-electron chi connectivity index (χ4n) is 3.02. The number of halogens is 1. The van der Waals surface area contributed by atoms with E-state index in [0.717, 1.165) is 51.6 Å². The number of rotatable bonds is 7. The van der Waals surface area contributed by atoms with Crippen LogP contribution in [0, 0.1) is 5.41 Å². The van der Waals surface area contributed by atoms with E-state index in [1.807, 2.05) is 0 Å². The highest BCUT2D eigenvalue weighted by molar-refractivity contribution is 14.0. The monoisotopic (exact) mass is 421 g/mol. The predicted molar refractivity (Wildman–Crippen MR) is 104 cm³/mol. The molecule has 0 saturated heterocycles. The molecule has 0 aromatic rings. The molecule has 0 atom stereocenters. The Kier molecular flexibility index (Phi) is 9.40. The molecule has 22 heavy (non-hydrogen) atoms. The first-order valence-corrected chi connectivity index (χ1v) is 8.56. The summed E-state index contributed by atoms with van der Waals surface area (Å²) < 4.78 is 5.34. The van der Waals surface area contributed by atoms with Crippen LogP contribution >= 0.6 is 24.0 Å². The molecule has 2 N–H and O–H groups in total. The number of aliphatic imine (C=N–C) groups is 1. The van der Waals surface area contributed by atoms with Crippen LogP contribution in [0.5, 0.6) is 0 Å². The Morgan fingerprint density at radius 2 is 2.14 bits per heavy atom. The second-order valence-corrected chi connectivity index (χ2v) is 6.27. The van der Waals surface area contributed by atoms with Gasteiger partial charge in [0.1, 0.15) is 0 Å². The Bertz CT molecular complexity index is 373. The van der Waals surface area contributed by atoms with Gasteiger partial charge in [0.05, 0.1) is 13.2 Å².